The first-order valence-electron chi connectivity index (χ1n) is 27.9. The van der Waals surface area contributed by atoms with Gasteiger partial charge in [-0.05, 0) is 228 Å². The van der Waals surface area contributed by atoms with Gasteiger partial charge in [-0.3, -0.25) is 0 Å². The van der Waals surface area contributed by atoms with E-state index in [1.54, 1.807) is 89.2 Å². The van der Waals surface area contributed by atoms with Crippen LogP contribution in [0.4, 0.5) is 0 Å². The van der Waals surface area contributed by atoms with Crippen LogP contribution >= 0.6 is 67.8 Å². The number of hydrogen-bond acceptors (Lipinski definition) is 12. The Balaban J connectivity index is 0.000000225. The third kappa shape index (κ3) is 25.9. The molecule has 9 rings (SSSR count). The molecule has 15 heteroatoms. The SMILES string of the molecule is CCOC(=O)c1ccc(-c2ccccc2)cc1.CCOC(=O)c1ccc(I)cc1.CCOC(=O)c1cccc(-c2ccccc2)c1.CCOC(=O)c1cccc(I)c1.CCOC(=O)c1ccccc1-c1ccccc1.CCOC(=O)c1ccccc1I. The van der Waals surface area contributed by atoms with Crippen molar-refractivity contribution < 1.29 is 57.2 Å². The molecule has 9 aromatic rings. The van der Waals surface area contributed by atoms with Gasteiger partial charge in [0.05, 0.1) is 73.0 Å². The normalized spacial score (nSPS) is 9.76. The molecule has 0 N–H and O–H groups in total. The molecule has 450 valence electrons. The van der Waals surface area contributed by atoms with Crippen molar-refractivity contribution in [3.8, 4) is 33.4 Å². The van der Waals surface area contributed by atoms with Crippen molar-refractivity contribution in [2.75, 3.05) is 39.6 Å². The van der Waals surface area contributed by atoms with E-state index in [2.05, 4.69) is 67.8 Å². The fraction of sp³-hybridized carbons (Fsp3) is 0.167. The Hall–Kier alpha value is -8.01. The number of esters is 6. The lowest BCUT2D eigenvalue weighted by atomic mass is 10.00. The van der Waals surface area contributed by atoms with Crippen LogP contribution in [0.25, 0.3) is 33.4 Å². The third-order valence-electron chi connectivity index (χ3n) is 11.6. The van der Waals surface area contributed by atoms with Gasteiger partial charge in [0.2, 0.25) is 0 Å². The molecule has 12 nitrogen and oxygen atoms in total. The smallest absolute Gasteiger partial charge is 0.339 e. The number of carbonyl (C=O) groups is 6. The minimum absolute atomic E-state index is 0.248. The van der Waals surface area contributed by atoms with Crippen molar-refractivity contribution in [3.63, 3.8) is 0 Å². The summed E-state index contributed by atoms with van der Waals surface area (Å²) in [4.78, 5) is 68.4. The summed E-state index contributed by atoms with van der Waals surface area (Å²) in [6, 6.07) is 74.3. The molecule has 0 bridgehead atoms. The van der Waals surface area contributed by atoms with Crippen molar-refractivity contribution in [2.45, 2.75) is 41.5 Å². The van der Waals surface area contributed by atoms with Crippen LogP contribution in [-0.2, 0) is 28.4 Å². The van der Waals surface area contributed by atoms with E-state index in [-0.39, 0.29) is 35.8 Å². The zero-order valence-corrected chi connectivity index (χ0v) is 55.8. The number of hydrogen-bond donors (Lipinski definition) is 0. The molecule has 0 aromatic heterocycles. The number of carbonyl (C=O) groups excluding carboxylic acids is 6. The van der Waals surface area contributed by atoms with E-state index in [4.69, 9.17) is 28.4 Å². The molecule has 0 aliphatic heterocycles. The fourth-order valence-corrected chi connectivity index (χ4v) is 9.03. The number of ether oxygens (including phenoxy) is 6. The van der Waals surface area contributed by atoms with E-state index >= 15 is 0 Å². The zero-order valence-electron chi connectivity index (χ0n) is 49.3. The average molecular weight is 1510 g/mol. The van der Waals surface area contributed by atoms with Crippen LogP contribution in [0.5, 0.6) is 0 Å². The Labute approximate surface area is 551 Å². The van der Waals surface area contributed by atoms with Crippen LogP contribution in [-0.4, -0.2) is 75.5 Å². The van der Waals surface area contributed by atoms with Gasteiger partial charge in [-0.2, -0.15) is 0 Å². The number of benzene rings is 9. The van der Waals surface area contributed by atoms with Gasteiger partial charge in [0.25, 0.3) is 0 Å². The van der Waals surface area contributed by atoms with Gasteiger partial charge in [0, 0.05) is 10.7 Å². The molecule has 0 spiro atoms. The van der Waals surface area contributed by atoms with Crippen molar-refractivity contribution in [1.82, 2.24) is 0 Å². The molecule has 0 atom stereocenters. The molecule has 0 saturated heterocycles. The fourth-order valence-electron chi connectivity index (χ4n) is 7.52. The van der Waals surface area contributed by atoms with E-state index in [1.165, 1.54) is 0 Å². The highest BCUT2D eigenvalue weighted by Gasteiger charge is 2.14. The lowest BCUT2D eigenvalue weighted by molar-refractivity contribution is 0.0515. The van der Waals surface area contributed by atoms with Crippen LogP contribution in [0, 0.1) is 10.7 Å². The Morgan fingerprint density at radius 1 is 0.264 bits per heavy atom. The van der Waals surface area contributed by atoms with Crippen LogP contribution < -0.4 is 0 Å². The van der Waals surface area contributed by atoms with Gasteiger partial charge in [-0.15, -0.1) is 0 Å². The average Bonchev–Trinajstić information content (AvgIpc) is 3.76. The van der Waals surface area contributed by atoms with Gasteiger partial charge in [0.15, 0.2) is 0 Å². The molecule has 0 saturated carbocycles. The topological polar surface area (TPSA) is 158 Å². The molecular formula is C72H69I3O12. The molecule has 9 aromatic carbocycles. The standard InChI is InChI=1S/3C15H14O2.3C9H9IO2/c1-2-17-15(16)14-11-7-6-10-13(14)12-8-4-3-5-9-12;1-2-17-15(16)14-10-6-9-13(11-14)12-7-4-3-5-8-12;1-2-17-15(16)14-10-8-13(9-11-14)12-6-4-3-5-7-12;1-2-12-9(11)7-3-5-8(10)6-4-7;1-2-12-9(11)7-4-3-5-8(10)6-7;1-2-12-9(11)7-5-3-4-6-8(7)10/h3*3-11H,2H2,1H3;3*3-6H,2H2,1H3. The molecule has 0 radical (unpaired) electrons. The first-order chi connectivity index (χ1) is 42.2. The zero-order chi connectivity index (χ0) is 63.2. The summed E-state index contributed by atoms with van der Waals surface area (Å²) in [5, 5.41) is 0. The van der Waals surface area contributed by atoms with Gasteiger partial charge >= 0.3 is 35.8 Å². The lowest BCUT2D eigenvalue weighted by Gasteiger charge is -2.08. The van der Waals surface area contributed by atoms with Crippen LogP contribution in [0.3, 0.4) is 0 Å². The summed E-state index contributed by atoms with van der Waals surface area (Å²) in [6.07, 6.45) is 0. The van der Waals surface area contributed by atoms with E-state index < -0.39 is 0 Å². The maximum Gasteiger partial charge on any atom is 0.339 e. The Bertz CT molecular complexity index is 3520. The molecule has 87 heavy (non-hydrogen) atoms. The lowest BCUT2D eigenvalue weighted by Crippen LogP contribution is -2.06. The predicted octanol–water partition coefficient (Wildman–Crippen LogP) is 18.0. The van der Waals surface area contributed by atoms with Crippen LogP contribution in [0.1, 0.15) is 104 Å². The Kier molecular flexibility index (Phi) is 33.8. The van der Waals surface area contributed by atoms with Crippen LogP contribution in [0.2, 0.25) is 0 Å². The summed E-state index contributed by atoms with van der Waals surface area (Å²) in [7, 11) is 0. The van der Waals surface area contributed by atoms with Crippen LogP contribution in [0.15, 0.2) is 237 Å². The first kappa shape index (κ1) is 71.5. The predicted molar refractivity (Wildman–Crippen MR) is 369 cm³/mol. The molecule has 0 aliphatic rings. The maximum absolute atomic E-state index is 11.8. The summed E-state index contributed by atoms with van der Waals surface area (Å²) < 4.78 is 32.6. The highest BCUT2D eigenvalue weighted by Crippen LogP contribution is 2.25. The Morgan fingerprint density at radius 2 is 0.598 bits per heavy atom. The highest BCUT2D eigenvalue weighted by molar-refractivity contribution is 14.1. The third-order valence-corrected chi connectivity index (χ3v) is 13.9. The molecule has 0 amide bonds. The second-order valence-electron chi connectivity index (χ2n) is 17.6. The van der Waals surface area contributed by atoms with Gasteiger partial charge in [-0.1, -0.05) is 152 Å². The summed E-state index contributed by atoms with van der Waals surface area (Å²) >= 11 is 6.46. The number of halogens is 3. The van der Waals surface area contributed by atoms with E-state index in [0.29, 0.717) is 73.0 Å². The van der Waals surface area contributed by atoms with E-state index in [1.807, 2.05) is 189 Å². The van der Waals surface area contributed by atoms with Gasteiger partial charge in [0.1, 0.15) is 0 Å². The van der Waals surface area contributed by atoms with Crippen molar-refractivity contribution >= 4 is 104 Å². The largest absolute Gasteiger partial charge is 0.462 e. The second-order valence-corrected chi connectivity index (χ2v) is 21.3. The molecule has 0 fully saturated rings. The summed E-state index contributed by atoms with van der Waals surface area (Å²) in [5.74, 6) is -1.57. The number of rotatable bonds is 15. The van der Waals surface area contributed by atoms with Gasteiger partial charge in [-0.25, -0.2) is 28.8 Å². The maximum atomic E-state index is 11.8. The molecule has 0 unspecified atom stereocenters. The van der Waals surface area contributed by atoms with Crippen molar-refractivity contribution in [2.24, 2.45) is 0 Å². The molecular weight excluding hydrogens is 1440 g/mol. The highest BCUT2D eigenvalue weighted by atomic mass is 127. The van der Waals surface area contributed by atoms with Crippen molar-refractivity contribution in [3.05, 3.63) is 281 Å². The van der Waals surface area contributed by atoms with E-state index in [9.17, 15) is 28.8 Å². The van der Waals surface area contributed by atoms with E-state index in [0.717, 1.165) is 44.1 Å². The van der Waals surface area contributed by atoms with Gasteiger partial charge < -0.3 is 28.4 Å². The van der Waals surface area contributed by atoms with Crippen molar-refractivity contribution in [1.29, 1.82) is 0 Å². The summed E-state index contributed by atoms with van der Waals surface area (Å²) in [5.41, 5.74) is 9.94. The molecule has 0 aliphatic carbocycles. The molecule has 0 heterocycles. The minimum Gasteiger partial charge on any atom is -0.462 e. The second kappa shape index (κ2) is 41.2. The minimum atomic E-state index is -0.273. The Morgan fingerprint density at radius 3 is 1.06 bits per heavy atom. The quantitative estimate of drug-likeness (QED) is 0.0544. The monoisotopic (exact) mass is 1510 g/mol. The first-order valence-corrected chi connectivity index (χ1v) is 31.1. The summed E-state index contributed by atoms with van der Waals surface area (Å²) in [6.45, 7) is 13.3.